The highest BCUT2D eigenvalue weighted by atomic mass is 16.3. The maximum absolute atomic E-state index is 10.5. The highest BCUT2D eigenvalue weighted by molar-refractivity contribution is 5.19. The molecule has 2 N–H and O–H groups in total. The molecule has 0 aliphatic carbocycles. The van der Waals surface area contributed by atoms with Crippen LogP contribution in [0.4, 0.5) is 0 Å². The van der Waals surface area contributed by atoms with Crippen LogP contribution in [0.5, 0.6) is 0 Å². The first-order chi connectivity index (χ1) is 11.2. The second-order valence-electron chi connectivity index (χ2n) is 6.42. The Kier molecular flexibility index (Phi) is 5.44. The van der Waals surface area contributed by atoms with Crippen LogP contribution in [0.3, 0.4) is 0 Å². The average Bonchev–Trinajstić information content (AvgIpc) is 2.63. The van der Waals surface area contributed by atoms with Gasteiger partial charge in [0.05, 0.1) is 12.2 Å². The lowest BCUT2D eigenvalue weighted by Crippen LogP contribution is -2.38. The zero-order valence-corrected chi connectivity index (χ0v) is 13.4. The van der Waals surface area contributed by atoms with Gasteiger partial charge in [-0.15, -0.1) is 0 Å². The number of benzene rings is 2. The Morgan fingerprint density at radius 3 is 1.91 bits per heavy atom. The minimum atomic E-state index is -0.438. The van der Waals surface area contributed by atoms with Crippen LogP contribution >= 0.6 is 0 Å². The SMILES string of the molecule is OC(CN1CCC(C(O)c2ccccc2)CC1)c1ccccc1. The first-order valence-electron chi connectivity index (χ1n) is 8.42. The summed E-state index contributed by atoms with van der Waals surface area (Å²) in [5.74, 6) is 0.308. The van der Waals surface area contributed by atoms with E-state index in [1.54, 1.807) is 0 Å². The minimum Gasteiger partial charge on any atom is -0.388 e. The highest BCUT2D eigenvalue weighted by Gasteiger charge is 2.27. The Morgan fingerprint density at radius 2 is 1.35 bits per heavy atom. The number of aliphatic hydroxyl groups excluding tert-OH is 2. The first-order valence-corrected chi connectivity index (χ1v) is 8.42. The summed E-state index contributed by atoms with van der Waals surface area (Å²) < 4.78 is 0. The minimum absolute atomic E-state index is 0.308. The fourth-order valence-electron chi connectivity index (χ4n) is 3.40. The van der Waals surface area contributed by atoms with Crippen LogP contribution < -0.4 is 0 Å². The normalized spacial score (nSPS) is 19.4. The summed E-state index contributed by atoms with van der Waals surface area (Å²) in [5, 5.41) is 20.9. The van der Waals surface area contributed by atoms with Gasteiger partial charge in [0.25, 0.3) is 0 Å². The molecule has 2 atom stereocenters. The maximum atomic E-state index is 10.5. The predicted molar refractivity (Wildman–Crippen MR) is 92.0 cm³/mol. The highest BCUT2D eigenvalue weighted by Crippen LogP contribution is 2.31. The molecule has 2 aromatic carbocycles. The van der Waals surface area contributed by atoms with Gasteiger partial charge in [0.15, 0.2) is 0 Å². The molecular weight excluding hydrogens is 286 g/mol. The van der Waals surface area contributed by atoms with E-state index in [4.69, 9.17) is 0 Å². The van der Waals surface area contributed by atoms with Gasteiger partial charge < -0.3 is 15.1 Å². The van der Waals surface area contributed by atoms with Crippen molar-refractivity contribution in [3.05, 3.63) is 71.8 Å². The van der Waals surface area contributed by atoms with E-state index in [0.29, 0.717) is 12.5 Å². The van der Waals surface area contributed by atoms with Crippen LogP contribution in [0.2, 0.25) is 0 Å². The lowest BCUT2D eigenvalue weighted by atomic mass is 9.87. The third-order valence-corrected chi connectivity index (χ3v) is 4.84. The Hall–Kier alpha value is -1.68. The molecule has 3 rings (SSSR count). The van der Waals surface area contributed by atoms with Gasteiger partial charge in [-0.25, -0.2) is 0 Å². The van der Waals surface area contributed by atoms with Crippen molar-refractivity contribution in [3.63, 3.8) is 0 Å². The third kappa shape index (κ3) is 4.20. The van der Waals surface area contributed by atoms with Crippen molar-refractivity contribution in [2.75, 3.05) is 19.6 Å². The van der Waals surface area contributed by atoms with Gasteiger partial charge in [0.1, 0.15) is 0 Å². The molecule has 23 heavy (non-hydrogen) atoms. The van der Waals surface area contributed by atoms with E-state index in [1.165, 1.54) is 0 Å². The summed E-state index contributed by atoms with van der Waals surface area (Å²) in [5.41, 5.74) is 1.98. The fourth-order valence-corrected chi connectivity index (χ4v) is 3.40. The zero-order chi connectivity index (χ0) is 16.1. The Bertz CT molecular complexity index is 579. The van der Waals surface area contributed by atoms with E-state index in [9.17, 15) is 10.2 Å². The van der Waals surface area contributed by atoms with Crippen LogP contribution in [0.25, 0.3) is 0 Å². The number of rotatable bonds is 5. The van der Waals surface area contributed by atoms with E-state index in [2.05, 4.69) is 4.90 Å². The van der Waals surface area contributed by atoms with E-state index in [-0.39, 0.29) is 6.10 Å². The molecule has 1 fully saturated rings. The molecule has 0 spiro atoms. The van der Waals surface area contributed by atoms with Gasteiger partial charge in [-0.3, -0.25) is 0 Å². The Labute approximate surface area is 138 Å². The number of piperidine rings is 1. The van der Waals surface area contributed by atoms with Gasteiger partial charge in [0, 0.05) is 6.54 Å². The van der Waals surface area contributed by atoms with Gasteiger partial charge in [-0.2, -0.15) is 0 Å². The molecule has 0 saturated carbocycles. The molecule has 0 aromatic heterocycles. The molecule has 2 aromatic rings. The number of hydrogen-bond acceptors (Lipinski definition) is 3. The van der Waals surface area contributed by atoms with Gasteiger partial charge in [-0.05, 0) is 43.0 Å². The zero-order valence-electron chi connectivity index (χ0n) is 13.4. The number of hydrogen-bond donors (Lipinski definition) is 2. The molecule has 1 saturated heterocycles. The standard InChI is InChI=1S/C20H25NO2/c22-19(16-7-3-1-4-8-16)15-21-13-11-18(12-14-21)20(23)17-9-5-2-6-10-17/h1-10,18-20,22-23H,11-15H2. The van der Waals surface area contributed by atoms with E-state index in [0.717, 1.165) is 37.1 Å². The van der Waals surface area contributed by atoms with Gasteiger partial charge in [0.2, 0.25) is 0 Å². The van der Waals surface area contributed by atoms with Crippen molar-refractivity contribution >= 4 is 0 Å². The molecule has 1 aliphatic rings. The van der Waals surface area contributed by atoms with Crippen molar-refractivity contribution in [3.8, 4) is 0 Å². The molecule has 0 bridgehead atoms. The van der Waals surface area contributed by atoms with Crippen molar-refractivity contribution in [1.29, 1.82) is 0 Å². The number of nitrogens with zero attached hydrogens (tertiary/aromatic N) is 1. The molecule has 0 amide bonds. The smallest absolute Gasteiger partial charge is 0.0916 e. The van der Waals surface area contributed by atoms with E-state index >= 15 is 0 Å². The molecule has 0 radical (unpaired) electrons. The van der Waals surface area contributed by atoms with E-state index < -0.39 is 6.10 Å². The van der Waals surface area contributed by atoms with Crippen molar-refractivity contribution in [1.82, 2.24) is 4.90 Å². The van der Waals surface area contributed by atoms with Crippen molar-refractivity contribution < 1.29 is 10.2 Å². The van der Waals surface area contributed by atoms with Crippen LogP contribution in [0, 0.1) is 5.92 Å². The Balaban J connectivity index is 1.51. The fraction of sp³-hybridized carbons (Fsp3) is 0.400. The third-order valence-electron chi connectivity index (χ3n) is 4.84. The average molecular weight is 311 g/mol. The van der Waals surface area contributed by atoms with Gasteiger partial charge in [-0.1, -0.05) is 60.7 Å². The van der Waals surface area contributed by atoms with Crippen LogP contribution in [-0.4, -0.2) is 34.7 Å². The molecule has 1 aliphatic heterocycles. The molecule has 3 heteroatoms. The van der Waals surface area contributed by atoms with Crippen molar-refractivity contribution in [2.45, 2.75) is 25.0 Å². The predicted octanol–water partition coefficient (Wildman–Crippen LogP) is 3.17. The molecule has 122 valence electrons. The number of likely N-dealkylation sites (tertiary alicyclic amines) is 1. The lowest BCUT2D eigenvalue weighted by Gasteiger charge is -2.35. The molecule has 3 nitrogen and oxygen atoms in total. The quantitative estimate of drug-likeness (QED) is 0.891. The molecular formula is C20H25NO2. The largest absolute Gasteiger partial charge is 0.388 e. The molecule has 2 unspecified atom stereocenters. The monoisotopic (exact) mass is 311 g/mol. The first kappa shape index (κ1) is 16.2. The summed E-state index contributed by atoms with van der Waals surface area (Å²) in [6, 6.07) is 19.7. The summed E-state index contributed by atoms with van der Waals surface area (Å²) >= 11 is 0. The molecule has 1 heterocycles. The van der Waals surface area contributed by atoms with Crippen molar-refractivity contribution in [2.24, 2.45) is 5.92 Å². The van der Waals surface area contributed by atoms with Crippen LogP contribution in [-0.2, 0) is 0 Å². The Morgan fingerprint density at radius 1 is 0.826 bits per heavy atom. The second kappa shape index (κ2) is 7.73. The van der Waals surface area contributed by atoms with Crippen LogP contribution in [0.1, 0.15) is 36.2 Å². The summed E-state index contributed by atoms with van der Waals surface area (Å²) in [4.78, 5) is 2.30. The summed E-state index contributed by atoms with van der Waals surface area (Å²) in [6.07, 6.45) is 1.12. The van der Waals surface area contributed by atoms with Crippen LogP contribution in [0.15, 0.2) is 60.7 Å². The maximum Gasteiger partial charge on any atom is 0.0916 e. The summed E-state index contributed by atoms with van der Waals surface area (Å²) in [7, 11) is 0. The number of aliphatic hydroxyl groups is 2. The van der Waals surface area contributed by atoms with E-state index in [1.807, 2.05) is 60.7 Å². The lowest BCUT2D eigenvalue weighted by molar-refractivity contribution is 0.0399. The summed E-state index contributed by atoms with van der Waals surface area (Å²) in [6.45, 7) is 2.52. The number of β-amino-alcohol motifs (C(OH)–C–C–N with tert-alkyl or cyclic N) is 1. The van der Waals surface area contributed by atoms with Gasteiger partial charge >= 0.3 is 0 Å². The second-order valence-corrected chi connectivity index (χ2v) is 6.42. The topological polar surface area (TPSA) is 43.7 Å².